The molecule has 0 aromatic rings. The molecule has 1 aliphatic heterocycles. The Kier molecular flexibility index (Phi) is 4.72. The highest BCUT2D eigenvalue weighted by Crippen LogP contribution is 2.40. The minimum Gasteiger partial charge on any atom is -0.376 e. The van der Waals surface area contributed by atoms with Crippen LogP contribution in [0.25, 0.3) is 0 Å². The van der Waals surface area contributed by atoms with Gasteiger partial charge in [-0.15, -0.1) is 0 Å². The number of allylic oxidation sites excluding steroid dienone is 3. The Hall–Kier alpha value is -0.760. The molecule has 0 amide bonds. The molecule has 0 aromatic carbocycles. The molecule has 2 nitrogen and oxygen atoms in total. The van der Waals surface area contributed by atoms with Crippen LogP contribution in [0.1, 0.15) is 46.5 Å². The van der Waals surface area contributed by atoms with E-state index in [0.717, 1.165) is 0 Å². The minimum atomic E-state index is 0.363. The quantitative estimate of drug-likeness (QED) is 0.749. The molecule has 0 spiro atoms. The summed E-state index contributed by atoms with van der Waals surface area (Å²) in [5, 5.41) is 0. The highest BCUT2D eigenvalue weighted by Gasteiger charge is 2.26. The fraction of sp³-hybridized carbons (Fsp3) is 0.765. The fourth-order valence-corrected chi connectivity index (χ4v) is 3.41. The first-order valence-corrected chi connectivity index (χ1v) is 7.80. The maximum atomic E-state index is 2.49. The van der Waals surface area contributed by atoms with E-state index in [2.05, 4.69) is 49.9 Å². The van der Waals surface area contributed by atoms with Gasteiger partial charge in [-0.25, -0.2) is 0 Å². The molecule has 2 rings (SSSR count). The molecule has 0 bridgehead atoms. The third-order valence-corrected chi connectivity index (χ3v) is 4.75. The van der Waals surface area contributed by atoms with Crippen LogP contribution in [0.15, 0.2) is 23.4 Å². The van der Waals surface area contributed by atoms with Gasteiger partial charge in [0.05, 0.1) is 0 Å². The molecule has 0 saturated carbocycles. The number of rotatable bonds is 2. The molecule has 0 unspecified atom stereocenters. The molecule has 0 aromatic heterocycles. The van der Waals surface area contributed by atoms with Crippen LogP contribution in [-0.2, 0) is 0 Å². The van der Waals surface area contributed by atoms with E-state index < -0.39 is 0 Å². The van der Waals surface area contributed by atoms with Crippen molar-refractivity contribution in [1.82, 2.24) is 9.80 Å². The summed E-state index contributed by atoms with van der Waals surface area (Å²) in [5.74, 6) is 0. The maximum Gasteiger partial charge on any atom is 0.0300 e. The summed E-state index contributed by atoms with van der Waals surface area (Å²) < 4.78 is 0. The molecule has 108 valence electrons. The third-order valence-electron chi connectivity index (χ3n) is 4.75. The largest absolute Gasteiger partial charge is 0.376 e. The van der Waals surface area contributed by atoms with Crippen molar-refractivity contribution in [2.75, 3.05) is 33.2 Å². The molecule has 1 heterocycles. The van der Waals surface area contributed by atoms with Crippen LogP contribution >= 0.6 is 0 Å². The summed E-state index contributed by atoms with van der Waals surface area (Å²) in [6.07, 6.45) is 10.00. The summed E-state index contributed by atoms with van der Waals surface area (Å²) in [4.78, 5) is 4.93. The summed E-state index contributed by atoms with van der Waals surface area (Å²) >= 11 is 0. The predicted molar refractivity (Wildman–Crippen MR) is 83.2 cm³/mol. The van der Waals surface area contributed by atoms with Crippen LogP contribution in [-0.4, -0.2) is 43.0 Å². The Morgan fingerprint density at radius 3 is 2.58 bits per heavy atom. The summed E-state index contributed by atoms with van der Waals surface area (Å²) in [7, 11) is 2.23. The molecule has 0 atom stereocenters. The standard InChI is InChI=1S/C17H30N2/c1-15-7-5-9-17(2,3)16(15)8-12-19-11-6-10-18(4)13-14-19/h8,12H,5-7,9-11,13-14H2,1-4H3/b12-8+. The lowest BCUT2D eigenvalue weighted by molar-refractivity contribution is 0.336. The van der Waals surface area contributed by atoms with E-state index >= 15 is 0 Å². The van der Waals surface area contributed by atoms with Crippen molar-refractivity contribution in [2.24, 2.45) is 5.41 Å². The minimum absolute atomic E-state index is 0.363. The van der Waals surface area contributed by atoms with E-state index in [-0.39, 0.29) is 0 Å². The van der Waals surface area contributed by atoms with E-state index in [1.807, 2.05) is 0 Å². The van der Waals surface area contributed by atoms with Gasteiger partial charge in [-0.05, 0) is 69.5 Å². The summed E-state index contributed by atoms with van der Waals surface area (Å²) in [6, 6.07) is 0. The molecule has 19 heavy (non-hydrogen) atoms. The number of hydrogen-bond acceptors (Lipinski definition) is 2. The Bertz CT molecular complexity index is 365. The van der Waals surface area contributed by atoms with Crippen molar-refractivity contribution >= 4 is 0 Å². The van der Waals surface area contributed by atoms with E-state index in [9.17, 15) is 0 Å². The van der Waals surface area contributed by atoms with Gasteiger partial charge in [-0.1, -0.05) is 19.4 Å². The molecule has 0 N–H and O–H groups in total. The van der Waals surface area contributed by atoms with Gasteiger partial charge in [0, 0.05) is 19.6 Å². The zero-order valence-corrected chi connectivity index (χ0v) is 13.2. The van der Waals surface area contributed by atoms with Crippen molar-refractivity contribution in [2.45, 2.75) is 46.5 Å². The molecule has 1 aliphatic carbocycles. The first-order chi connectivity index (χ1) is 8.99. The monoisotopic (exact) mass is 262 g/mol. The zero-order valence-electron chi connectivity index (χ0n) is 13.2. The molecular weight excluding hydrogens is 232 g/mol. The Balaban J connectivity index is 2.04. The lowest BCUT2D eigenvalue weighted by atomic mass is 9.73. The van der Waals surface area contributed by atoms with E-state index in [1.165, 1.54) is 51.9 Å². The first kappa shape index (κ1) is 14.6. The fourth-order valence-electron chi connectivity index (χ4n) is 3.41. The summed E-state index contributed by atoms with van der Waals surface area (Å²) in [6.45, 7) is 11.9. The van der Waals surface area contributed by atoms with E-state index in [1.54, 1.807) is 11.1 Å². The third kappa shape index (κ3) is 3.85. The smallest absolute Gasteiger partial charge is 0.0300 e. The molecule has 1 saturated heterocycles. The van der Waals surface area contributed by atoms with Crippen molar-refractivity contribution < 1.29 is 0 Å². The normalized spacial score (nSPS) is 26.0. The lowest BCUT2D eigenvalue weighted by Crippen LogP contribution is -2.25. The Morgan fingerprint density at radius 1 is 1.05 bits per heavy atom. The highest BCUT2D eigenvalue weighted by molar-refractivity contribution is 5.32. The van der Waals surface area contributed by atoms with Gasteiger partial charge in [0.15, 0.2) is 0 Å². The van der Waals surface area contributed by atoms with E-state index in [0.29, 0.717) is 5.41 Å². The van der Waals surface area contributed by atoms with Gasteiger partial charge in [-0.3, -0.25) is 0 Å². The number of nitrogens with zero attached hydrogens (tertiary/aromatic N) is 2. The maximum absolute atomic E-state index is 2.49. The molecule has 2 aliphatic rings. The second-order valence-corrected chi connectivity index (χ2v) is 6.94. The zero-order chi connectivity index (χ0) is 13.9. The second-order valence-electron chi connectivity index (χ2n) is 6.94. The van der Waals surface area contributed by atoms with Crippen LogP contribution in [0.4, 0.5) is 0 Å². The van der Waals surface area contributed by atoms with Gasteiger partial charge >= 0.3 is 0 Å². The van der Waals surface area contributed by atoms with Crippen LogP contribution in [0, 0.1) is 5.41 Å². The highest BCUT2D eigenvalue weighted by atomic mass is 15.2. The number of hydrogen-bond donors (Lipinski definition) is 0. The SMILES string of the molecule is CC1=C(/C=C/N2CCCN(C)CC2)C(C)(C)CCC1. The first-order valence-electron chi connectivity index (χ1n) is 7.80. The predicted octanol–water partition coefficient (Wildman–Crippen LogP) is 3.66. The van der Waals surface area contributed by atoms with Gasteiger partial charge in [0.1, 0.15) is 0 Å². The van der Waals surface area contributed by atoms with Gasteiger partial charge in [-0.2, -0.15) is 0 Å². The molecule has 2 heteroatoms. The van der Waals surface area contributed by atoms with Crippen LogP contribution in [0.2, 0.25) is 0 Å². The Labute approximate surface area is 119 Å². The summed E-state index contributed by atoms with van der Waals surface area (Å²) in [5.41, 5.74) is 3.54. The van der Waals surface area contributed by atoms with Gasteiger partial charge in [0.25, 0.3) is 0 Å². The van der Waals surface area contributed by atoms with Crippen molar-refractivity contribution in [3.8, 4) is 0 Å². The average Bonchev–Trinajstić information content (AvgIpc) is 2.53. The van der Waals surface area contributed by atoms with Crippen LogP contribution in [0.5, 0.6) is 0 Å². The van der Waals surface area contributed by atoms with Crippen LogP contribution in [0.3, 0.4) is 0 Å². The average molecular weight is 262 g/mol. The van der Waals surface area contributed by atoms with Gasteiger partial charge < -0.3 is 9.80 Å². The van der Waals surface area contributed by atoms with Gasteiger partial charge in [0.2, 0.25) is 0 Å². The second kappa shape index (κ2) is 6.13. The molecule has 1 fully saturated rings. The van der Waals surface area contributed by atoms with Crippen molar-refractivity contribution in [3.05, 3.63) is 23.4 Å². The topological polar surface area (TPSA) is 6.48 Å². The van der Waals surface area contributed by atoms with Crippen molar-refractivity contribution in [1.29, 1.82) is 0 Å². The number of likely N-dealkylation sites (N-methyl/N-ethyl adjacent to an activating group) is 1. The Morgan fingerprint density at radius 2 is 1.84 bits per heavy atom. The molecule has 0 radical (unpaired) electrons. The van der Waals surface area contributed by atoms with Crippen molar-refractivity contribution in [3.63, 3.8) is 0 Å². The van der Waals surface area contributed by atoms with E-state index in [4.69, 9.17) is 0 Å². The lowest BCUT2D eigenvalue weighted by Gasteiger charge is -2.33. The molecular formula is C17H30N2. The van der Waals surface area contributed by atoms with Crippen LogP contribution < -0.4 is 0 Å².